The van der Waals surface area contributed by atoms with Crippen LogP contribution in [0.5, 0.6) is 11.5 Å². The van der Waals surface area contributed by atoms with E-state index in [2.05, 4.69) is 20.9 Å². The molecule has 2 aromatic carbocycles. The van der Waals surface area contributed by atoms with E-state index >= 15 is 0 Å². The van der Waals surface area contributed by atoms with Crippen molar-refractivity contribution in [2.45, 2.75) is 45.4 Å². The summed E-state index contributed by atoms with van der Waals surface area (Å²) in [4.78, 5) is 55.0. The maximum absolute atomic E-state index is 13.8. The highest BCUT2D eigenvalue weighted by Crippen LogP contribution is 2.43. The minimum absolute atomic E-state index is 0.108. The van der Waals surface area contributed by atoms with Gasteiger partial charge in [0.15, 0.2) is 23.8 Å². The first-order chi connectivity index (χ1) is 22.8. The van der Waals surface area contributed by atoms with Gasteiger partial charge in [-0.3, -0.25) is 19.2 Å². The number of methoxy groups -OCH3 is 1. The number of amides is 3. The number of hydrogen-bond donors (Lipinski definition) is 2. The van der Waals surface area contributed by atoms with Crippen LogP contribution in [0.4, 0.5) is 0 Å². The van der Waals surface area contributed by atoms with Crippen LogP contribution in [-0.4, -0.2) is 90.1 Å². The molecule has 0 spiro atoms. The minimum Gasteiger partial charge on any atom is -0.493 e. The predicted molar refractivity (Wildman–Crippen MR) is 171 cm³/mol. The fraction of sp³-hybridized carbons (Fsp3) is 0.471. The molecule has 2 bridgehead atoms. The molecule has 3 amide bonds. The Hall–Kier alpha value is -4.94. The molecule has 2 N–H and O–H groups in total. The number of para-hydroxylation sites is 1. The number of nitrogens with zero attached hydrogens (tertiary/aromatic N) is 4. The van der Waals surface area contributed by atoms with Gasteiger partial charge in [-0.1, -0.05) is 42.3 Å². The first-order valence-electron chi connectivity index (χ1n) is 16.1. The molecular weight excluding hydrogens is 604 g/mol. The highest BCUT2D eigenvalue weighted by Gasteiger charge is 2.45. The first-order valence-corrected chi connectivity index (χ1v) is 16.1. The molecule has 1 saturated carbocycles. The molecule has 2 heterocycles. The van der Waals surface area contributed by atoms with E-state index in [1.807, 2.05) is 36.4 Å². The zero-order valence-electron chi connectivity index (χ0n) is 26.9. The van der Waals surface area contributed by atoms with Crippen molar-refractivity contribution >= 4 is 23.7 Å². The highest BCUT2D eigenvalue weighted by molar-refractivity contribution is 5.93. The molecule has 5 rings (SSSR count). The largest absolute Gasteiger partial charge is 0.493 e. The molecule has 1 aliphatic carbocycles. The van der Waals surface area contributed by atoms with Gasteiger partial charge in [0, 0.05) is 32.6 Å². The molecular formula is C34H42N6O7. The summed E-state index contributed by atoms with van der Waals surface area (Å²) in [6, 6.07) is 14.5. The van der Waals surface area contributed by atoms with E-state index in [1.54, 1.807) is 24.0 Å². The van der Waals surface area contributed by atoms with Crippen LogP contribution < -0.4 is 20.1 Å². The number of hydrogen-bond acceptors (Lipinski definition) is 9. The number of nitrogens with one attached hydrogen (secondary N) is 2. The Morgan fingerprint density at radius 2 is 1.87 bits per heavy atom. The van der Waals surface area contributed by atoms with E-state index in [1.165, 1.54) is 18.0 Å². The first kappa shape index (κ1) is 33.4. The Morgan fingerprint density at radius 3 is 2.62 bits per heavy atom. The van der Waals surface area contributed by atoms with Gasteiger partial charge in [-0.15, -0.1) is 5.10 Å². The topological polar surface area (TPSA) is 154 Å². The van der Waals surface area contributed by atoms with Crippen molar-refractivity contribution in [3.8, 4) is 17.2 Å². The van der Waals surface area contributed by atoms with Crippen LogP contribution in [0.15, 0.2) is 54.7 Å². The van der Waals surface area contributed by atoms with E-state index in [0.29, 0.717) is 42.4 Å². The van der Waals surface area contributed by atoms with Crippen LogP contribution in [0.2, 0.25) is 0 Å². The summed E-state index contributed by atoms with van der Waals surface area (Å²) < 4.78 is 18.4. The molecule has 47 heavy (non-hydrogen) atoms. The normalized spacial score (nSPS) is 19.7. The van der Waals surface area contributed by atoms with Crippen LogP contribution in [0, 0.1) is 11.3 Å². The van der Waals surface area contributed by atoms with Crippen molar-refractivity contribution < 1.29 is 33.4 Å². The molecule has 3 aromatic rings. The lowest BCUT2D eigenvalue weighted by Crippen LogP contribution is -2.46. The fourth-order valence-corrected chi connectivity index (χ4v) is 5.86. The lowest BCUT2D eigenvalue weighted by atomic mass is 9.76. The Kier molecular flexibility index (Phi) is 11.1. The standard InChI is InChI=1S/C34H42N6O7/c1-3-46-33(44)34(19-24-11-12-24)20-25-13-14-28(45-2)29(18-25)47-22-31(42)35-15-17-39(16-7-10-30(41)36-23-34)32(43)27-21-37-38-40(27)26-8-5-4-6-9-26/h4-6,8-9,13-14,18,21,24H,3,7,10-12,15-17,19-20,22-23H2,1-2H3,(H,35,42)(H,36,41). The predicted octanol–water partition coefficient (Wildman–Crippen LogP) is 2.72. The molecule has 1 aromatic heterocycles. The van der Waals surface area contributed by atoms with Crippen molar-refractivity contribution in [3.05, 3.63) is 66.0 Å². The van der Waals surface area contributed by atoms with Crippen molar-refractivity contribution in [2.24, 2.45) is 11.3 Å². The van der Waals surface area contributed by atoms with Gasteiger partial charge >= 0.3 is 5.97 Å². The van der Waals surface area contributed by atoms with Gasteiger partial charge in [0.1, 0.15) is 0 Å². The summed E-state index contributed by atoms with van der Waals surface area (Å²) in [7, 11) is 1.51. The Balaban J connectivity index is 1.40. The van der Waals surface area contributed by atoms with Crippen molar-refractivity contribution in [2.75, 3.05) is 46.5 Å². The fourth-order valence-electron chi connectivity index (χ4n) is 5.86. The van der Waals surface area contributed by atoms with E-state index in [4.69, 9.17) is 14.2 Å². The Labute approximate surface area is 273 Å². The number of fused-ring (bicyclic) bond motifs is 2. The van der Waals surface area contributed by atoms with Gasteiger partial charge in [0.05, 0.1) is 31.0 Å². The molecule has 1 aliphatic heterocycles. The smallest absolute Gasteiger partial charge is 0.314 e. The molecule has 13 heteroatoms. The monoisotopic (exact) mass is 646 g/mol. The molecule has 13 nitrogen and oxygen atoms in total. The average molecular weight is 647 g/mol. The van der Waals surface area contributed by atoms with Gasteiger partial charge in [0.25, 0.3) is 11.8 Å². The van der Waals surface area contributed by atoms with E-state index in [9.17, 15) is 19.2 Å². The minimum atomic E-state index is -0.994. The highest BCUT2D eigenvalue weighted by atomic mass is 16.5. The second-order valence-corrected chi connectivity index (χ2v) is 12.0. The maximum atomic E-state index is 13.8. The van der Waals surface area contributed by atoms with Crippen molar-refractivity contribution in [1.29, 1.82) is 0 Å². The van der Waals surface area contributed by atoms with Gasteiger partial charge < -0.3 is 29.7 Å². The molecule has 1 unspecified atom stereocenters. The summed E-state index contributed by atoms with van der Waals surface area (Å²) in [5, 5.41) is 13.9. The van der Waals surface area contributed by atoms with Crippen LogP contribution in [-0.2, 0) is 25.5 Å². The van der Waals surface area contributed by atoms with Crippen LogP contribution >= 0.6 is 0 Å². The number of benzene rings is 2. The molecule has 2 aliphatic rings. The van der Waals surface area contributed by atoms with Crippen LogP contribution in [0.1, 0.15) is 55.1 Å². The maximum Gasteiger partial charge on any atom is 0.314 e. The third-order valence-corrected chi connectivity index (χ3v) is 8.43. The lowest BCUT2D eigenvalue weighted by Gasteiger charge is -2.32. The number of carbonyl (C=O) groups is 4. The molecule has 0 saturated heterocycles. The van der Waals surface area contributed by atoms with Gasteiger partial charge in [-0.25, -0.2) is 4.68 Å². The van der Waals surface area contributed by atoms with Crippen molar-refractivity contribution in [3.63, 3.8) is 0 Å². The Morgan fingerprint density at radius 1 is 1.06 bits per heavy atom. The molecule has 1 fully saturated rings. The van der Waals surface area contributed by atoms with Crippen molar-refractivity contribution in [1.82, 2.24) is 30.5 Å². The molecule has 0 radical (unpaired) electrons. The zero-order valence-corrected chi connectivity index (χ0v) is 26.9. The second-order valence-electron chi connectivity index (χ2n) is 12.0. The van der Waals surface area contributed by atoms with E-state index in [-0.39, 0.29) is 75.2 Å². The lowest BCUT2D eigenvalue weighted by molar-refractivity contribution is -0.156. The summed E-state index contributed by atoms with van der Waals surface area (Å²) in [5.74, 6) is -0.153. The third kappa shape index (κ3) is 8.66. The Bertz CT molecular complexity index is 1560. The summed E-state index contributed by atoms with van der Waals surface area (Å²) >= 11 is 0. The number of aromatic nitrogens is 3. The molecule has 250 valence electrons. The van der Waals surface area contributed by atoms with E-state index in [0.717, 1.165) is 18.4 Å². The summed E-state index contributed by atoms with van der Waals surface area (Å²) in [5.41, 5.74) is 0.731. The zero-order chi connectivity index (χ0) is 33.2. The van der Waals surface area contributed by atoms with Crippen LogP contribution in [0.3, 0.4) is 0 Å². The number of esters is 1. The van der Waals surface area contributed by atoms with Gasteiger partial charge in [-0.05, 0) is 61.9 Å². The van der Waals surface area contributed by atoms with Crippen LogP contribution in [0.25, 0.3) is 5.69 Å². The number of ether oxygens (including phenoxy) is 3. The summed E-state index contributed by atoms with van der Waals surface area (Å²) in [6.07, 6.45) is 4.81. The quantitative estimate of drug-likeness (QED) is 0.369. The number of rotatable bonds is 7. The SMILES string of the molecule is CCOC(=O)C1(CC2CC2)CNC(=O)CCCN(C(=O)c2cnnn2-c2ccccc2)CCNC(=O)COc2cc(ccc2OC)C1. The third-order valence-electron chi connectivity index (χ3n) is 8.43. The second kappa shape index (κ2) is 15.6. The van der Waals surface area contributed by atoms with E-state index < -0.39 is 5.41 Å². The average Bonchev–Trinajstić information content (AvgIpc) is 3.75. The van der Waals surface area contributed by atoms with Gasteiger partial charge in [0.2, 0.25) is 5.91 Å². The summed E-state index contributed by atoms with van der Waals surface area (Å²) in [6.45, 7) is 2.39. The van der Waals surface area contributed by atoms with Gasteiger partial charge in [-0.2, -0.15) is 0 Å². The molecule has 1 atom stereocenters. The number of carbonyl (C=O) groups excluding carboxylic acids is 4.